The number of rotatable bonds is 6. The average Bonchev–Trinajstić information content (AvgIpc) is 2.41. The van der Waals surface area contributed by atoms with Gasteiger partial charge in [0.15, 0.2) is 9.84 Å². The Kier molecular flexibility index (Phi) is 6.04. The highest BCUT2D eigenvalue weighted by Crippen LogP contribution is 2.12. The summed E-state index contributed by atoms with van der Waals surface area (Å²) >= 11 is 0. The number of benzene rings is 1. The number of hydrogen-bond donors (Lipinski definition) is 1. The van der Waals surface area contributed by atoms with Gasteiger partial charge in [-0.05, 0) is 11.6 Å². The fourth-order valence-corrected chi connectivity index (χ4v) is 1.94. The van der Waals surface area contributed by atoms with E-state index in [2.05, 4.69) is 4.74 Å². The Hall–Kier alpha value is -2.22. The lowest BCUT2D eigenvalue weighted by molar-refractivity contribution is -0.128. The standard InChI is InChI=1S/C13H14FNO5S/c1-21(18,19)11(7-10-5-3-2-4-6-10)9-20-13(17)15-8-12(14)16/h2-7H,8-9H2,1H3,(H,15,17)/b11-7+. The Morgan fingerprint density at radius 1 is 1.29 bits per heavy atom. The number of carbonyl (C=O) groups excluding carboxylic acids is 2. The van der Waals surface area contributed by atoms with Crippen LogP contribution in [0.5, 0.6) is 0 Å². The van der Waals surface area contributed by atoms with Gasteiger partial charge in [0.25, 0.3) is 0 Å². The van der Waals surface area contributed by atoms with Crippen LogP contribution < -0.4 is 5.32 Å². The van der Waals surface area contributed by atoms with E-state index < -0.39 is 35.1 Å². The maximum absolute atomic E-state index is 11.9. The lowest BCUT2D eigenvalue weighted by Gasteiger charge is -2.08. The maximum atomic E-state index is 11.9. The summed E-state index contributed by atoms with van der Waals surface area (Å²) in [5.74, 6) is 0. The molecular weight excluding hydrogens is 301 g/mol. The molecule has 0 bridgehead atoms. The van der Waals surface area contributed by atoms with Gasteiger partial charge in [-0.25, -0.2) is 13.2 Å². The highest BCUT2D eigenvalue weighted by Gasteiger charge is 2.14. The number of amides is 1. The lowest BCUT2D eigenvalue weighted by Crippen LogP contribution is -2.29. The van der Waals surface area contributed by atoms with E-state index in [4.69, 9.17) is 0 Å². The third kappa shape index (κ3) is 6.66. The summed E-state index contributed by atoms with van der Waals surface area (Å²) in [4.78, 5) is 21.1. The molecule has 0 saturated heterocycles. The first-order chi connectivity index (χ1) is 9.79. The summed E-state index contributed by atoms with van der Waals surface area (Å²) in [6.45, 7) is -1.34. The maximum Gasteiger partial charge on any atom is 0.407 e. The van der Waals surface area contributed by atoms with E-state index in [-0.39, 0.29) is 4.91 Å². The first kappa shape index (κ1) is 16.8. The Labute approximate surface area is 121 Å². The van der Waals surface area contributed by atoms with E-state index in [0.29, 0.717) is 5.56 Å². The highest BCUT2D eigenvalue weighted by molar-refractivity contribution is 7.94. The third-order valence-electron chi connectivity index (χ3n) is 2.32. The zero-order chi connectivity index (χ0) is 15.9. The highest BCUT2D eigenvalue weighted by atomic mass is 32.2. The van der Waals surface area contributed by atoms with E-state index in [1.165, 1.54) is 6.08 Å². The second kappa shape index (κ2) is 7.53. The number of halogens is 1. The van der Waals surface area contributed by atoms with Gasteiger partial charge in [-0.15, -0.1) is 0 Å². The van der Waals surface area contributed by atoms with Crippen molar-refractivity contribution >= 4 is 28.0 Å². The van der Waals surface area contributed by atoms with Crippen LogP contribution in [0.3, 0.4) is 0 Å². The average molecular weight is 315 g/mol. The van der Waals surface area contributed by atoms with E-state index in [9.17, 15) is 22.4 Å². The number of hydrogen-bond acceptors (Lipinski definition) is 5. The van der Waals surface area contributed by atoms with Crippen LogP contribution in [0.15, 0.2) is 35.2 Å². The second-order valence-electron chi connectivity index (χ2n) is 4.08. The molecule has 0 radical (unpaired) electrons. The molecule has 0 fully saturated rings. The van der Waals surface area contributed by atoms with Crippen LogP contribution in [0.4, 0.5) is 9.18 Å². The molecule has 6 nitrogen and oxygen atoms in total. The number of carbonyl (C=O) groups is 2. The molecule has 1 amide bonds. The topological polar surface area (TPSA) is 89.5 Å². The van der Waals surface area contributed by atoms with Crippen molar-refractivity contribution in [3.05, 3.63) is 40.8 Å². The molecule has 0 aliphatic carbocycles. The molecule has 0 saturated carbocycles. The van der Waals surface area contributed by atoms with E-state index in [1.54, 1.807) is 30.3 Å². The lowest BCUT2D eigenvalue weighted by atomic mass is 10.2. The zero-order valence-corrected chi connectivity index (χ0v) is 12.0. The van der Waals surface area contributed by atoms with Crippen molar-refractivity contribution in [2.75, 3.05) is 19.4 Å². The van der Waals surface area contributed by atoms with Crippen LogP contribution in [0.2, 0.25) is 0 Å². The fourth-order valence-electron chi connectivity index (χ4n) is 1.32. The molecule has 114 valence electrons. The second-order valence-corrected chi connectivity index (χ2v) is 6.15. The molecule has 1 aromatic rings. The van der Waals surface area contributed by atoms with Gasteiger partial charge in [0, 0.05) is 6.26 Å². The summed E-state index contributed by atoms with van der Waals surface area (Å²) in [5.41, 5.74) is 0.626. The van der Waals surface area contributed by atoms with Crippen LogP contribution in [-0.4, -0.2) is 40.0 Å². The first-order valence-corrected chi connectivity index (χ1v) is 7.73. The Balaban J connectivity index is 2.75. The summed E-state index contributed by atoms with van der Waals surface area (Å²) < 4.78 is 39.8. The minimum absolute atomic E-state index is 0.115. The van der Waals surface area contributed by atoms with Gasteiger partial charge in [0.05, 0.1) is 4.91 Å². The van der Waals surface area contributed by atoms with Crippen LogP contribution in [0.25, 0.3) is 6.08 Å². The minimum Gasteiger partial charge on any atom is -0.444 e. The number of nitrogens with one attached hydrogen (secondary N) is 1. The summed E-state index contributed by atoms with van der Waals surface area (Å²) in [6, 6.07) is 6.88. The van der Waals surface area contributed by atoms with Crippen LogP contribution >= 0.6 is 0 Å². The molecule has 21 heavy (non-hydrogen) atoms. The van der Waals surface area contributed by atoms with E-state index in [1.807, 2.05) is 5.32 Å². The van der Waals surface area contributed by atoms with Gasteiger partial charge in [-0.1, -0.05) is 30.3 Å². The largest absolute Gasteiger partial charge is 0.444 e. The van der Waals surface area contributed by atoms with Crippen LogP contribution in [-0.2, 0) is 19.4 Å². The molecule has 8 heteroatoms. The molecule has 1 N–H and O–H groups in total. The molecule has 1 rings (SSSR count). The van der Waals surface area contributed by atoms with E-state index >= 15 is 0 Å². The first-order valence-electron chi connectivity index (χ1n) is 5.83. The number of ether oxygens (including phenoxy) is 1. The van der Waals surface area contributed by atoms with Gasteiger partial charge in [0.2, 0.25) is 0 Å². The van der Waals surface area contributed by atoms with Gasteiger partial charge in [-0.2, -0.15) is 4.39 Å². The Bertz CT molecular complexity index is 640. The van der Waals surface area contributed by atoms with Crippen molar-refractivity contribution < 1.29 is 27.1 Å². The predicted molar refractivity (Wildman–Crippen MR) is 74.7 cm³/mol. The van der Waals surface area contributed by atoms with Gasteiger partial charge in [-0.3, -0.25) is 4.79 Å². The monoisotopic (exact) mass is 315 g/mol. The number of sulfone groups is 1. The molecule has 0 atom stereocenters. The van der Waals surface area contributed by atoms with Crippen molar-refractivity contribution in [1.29, 1.82) is 0 Å². The summed E-state index contributed by atoms with van der Waals surface area (Å²) in [7, 11) is -3.57. The van der Waals surface area contributed by atoms with Gasteiger partial charge >= 0.3 is 12.1 Å². The van der Waals surface area contributed by atoms with Crippen molar-refractivity contribution in [2.24, 2.45) is 0 Å². The van der Waals surface area contributed by atoms with Crippen molar-refractivity contribution in [2.45, 2.75) is 0 Å². The smallest absolute Gasteiger partial charge is 0.407 e. The number of alkyl carbamates (subject to hydrolysis) is 1. The molecule has 1 aromatic carbocycles. The minimum atomic E-state index is -3.57. The molecule has 0 unspecified atom stereocenters. The zero-order valence-electron chi connectivity index (χ0n) is 11.2. The van der Waals surface area contributed by atoms with Crippen molar-refractivity contribution in [1.82, 2.24) is 5.32 Å². The quantitative estimate of drug-likeness (QED) is 0.799. The van der Waals surface area contributed by atoms with Crippen LogP contribution in [0, 0.1) is 0 Å². The van der Waals surface area contributed by atoms with Gasteiger partial charge < -0.3 is 10.1 Å². The molecule has 0 heterocycles. The van der Waals surface area contributed by atoms with Crippen molar-refractivity contribution in [3.63, 3.8) is 0 Å². The van der Waals surface area contributed by atoms with Gasteiger partial charge in [0.1, 0.15) is 13.2 Å². The molecule has 0 aromatic heterocycles. The molecule has 0 aliphatic heterocycles. The Morgan fingerprint density at radius 3 is 2.43 bits per heavy atom. The summed E-state index contributed by atoms with van der Waals surface area (Å²) in [6.07, 6.45) is 1.26. The van der Waals surface area contributed by atoms with E-state index in [0.717, 1.165) is 6.26 Å². The molecular formula is C13H14FNO5S. The third-order valence-corrected chi connectivity index (χ3v) is 3.51. The fraction of sp³-hybridized carbons (Fsp3) is 0.231. The summed E-state index contributed by atoms with van der Waals surface area (Å²) in [5, 5.41) is 1.85. The van der Waals surface area contributed by atoms with Crippen LogP contribution in [0.1, 0.15) is 5.56 Å². The Morgan fingerprint density at radius 2 is 1.90 bits per heavy atom. The predicted octanol–water partition coefficient (Wildman–Crippen LogP) is 1.29. The van der Waals surface area contributed by atoms with Crippen molar-refractivity contribution in [3.8, 4) is 0 Å². The SMILES string of the molecule is CS(=O)(=O)/C(=C/c1ccccc1)COC(=O)NCC(=O)F. The molecule has 0 aliphatic rings. The normalized spacial score (nSPS) is 11.8. The molecule has 0 spiro atoms.